The Morgan fingerprint density at radius 2 is 2.05 bits per heavy atom. The van der Waals surface area contributed by atoms with Crippen molar-refractivity contribution in [3.63, 3.8) is 0 Å². The molecule has 0 aliphatic carbocycles. The van der Waals surface area contributed by atoms with Crippen LogP contribution in [0, 0.1) is 13.8 Å². The van der Waals surface area contributed by atoms with Crippen LogP contribution in [0.5, 0.6) is 0 Å². The molecule has 0 spiro atoms. The Hall–Kier alpha value is -1.24. The zero-order valence-corrected chi connectivity index (χ0v) is 13.0. The molecule has 1 aromatic heterocycles. The van der Waals surface area contributed by atoms with Gasteiger partial charge in [-0.2, -0.15) is 4.98 Å². The van der Waals surface area contributed by atoms with Crippen molar-refractivity contribution in [1.82, 2.24) is 15.5 Å². The topological polar surface area (TPSA) is 60.2 Å². The second-order valence-corrected chi connectivity index (χ2v) is 5.74. The molecule has 0 amide bonds. The van der Waals surface area contributed by atoms with E-state index in [0.29, 0.717) is 24.9 Å². The van der Waals surface area contributed by atoms with Crippen LogP contribution in [0.15, 0.2) is 21.1 Å². The van der Waals surface area contributed by atoms with Crippen molar-refractivity contribution in [2.24, 2.45) is 0 Å². The van der Waals surface area contributed by atoms with Crippen molar-refractivity contribution in [3.05, 3.63) is 33.6 Å². The van der Waals surface area contributed by atoms with E-state index in [1.54, 1.807) is 0 Å². The molecular weight excluding hydrogens is 322 g/mol. The van der Waals surface area contributed by atoms with Crippen molar-refractivity contribution in [1.29, 1.82) is 0 Å². The van der Waals surface area contributed by atoms with Crippen molar-refractivity contribution in [2.75, 3.05) is 19.7 Å². The molecule has 1 fully saturated rings. The van der Waals surface area contributed by atoms with Gasteiger partial charge in [-0.05, 0) is 37.1 Å². The summed E-state index contributed by atoms with van der Waals surface area (Å²) in [6.07, 6.45) is -0.150. The smallest absolute Gasteiger partial charge is 0.257 e. The van der Waals surface area contributed by atoms with Crippen LogP contribution in [-0.4, -0.2) is 29.8 Å². The number of rotatable bonds is 2. The number of nitrogens with zero attached hydrogens (tertiary/aromatic N) is 2. The number of nitrogens with one attached hydrogen (secondary N) is 1. The van der Waals surface area contributed by atoms with Crippen molar-refractivity contribution < 1.29 is 9.26 Å². The molecule has 2 aromatic rings. The number of ether oxygens (including phenoxy) is 1. The van der Waals surface area contributed by atoms with E-state index in [4.69, 9.17) is 9.26 Å². The van der Waals surface area contributed by atoms with Crippen LogP contribution in [-0.2, 0) is 4.74 Å². The molecule has 3 rings (SSSR count). The standard InChI is InChI=1S/C14H16BrN3O2/c1-8-5-10(6-9(2)12(8)15)13-17-14(20-18-13)11-7-16-3-4-19-11/h5-6,11,16H,3-4,7H2,1-2H3. The minimum absolute atomic E-state index is 0.150. The number of benzene rings is 1. The average molecular weight is 338 g/mol. The molecule has 5 nitrogen and oxygen atoms in total. The molecule has 1 aromatic carbocycles. The van der Waals surface area contributed by atoms with Crippen LogP contribution in [0.4, 0.5) is 0 Å². The zero-order valence-electron chi connectivity index (χ0n) is 11.4. The molecule has 0 bridgehead atoms. The van der Waals surface area contributed by atoms with E-state index in [1.165, 1.54) is 0 Å². The van der Waals surface area contributed by atoms with Gasteiger partial charge in [0.05, 0.1) is 6.61 Å². The molecule has 1 saturated heterocycles. The molecule has 1 aliphatic heterocycles. The normalized spacial score (nSPS) is 19.2. The maximum absolute atomic E-state index is 5.61. The van der Waals surface area contributed by atoms with Gasteiger partial charge in [0.25, 0.3) is 5.89 Å². The van der Waals surface area contributed by atoms with Crippen molar-refractivity contribution in [2.45, 2.75) is 20.0 Å². The monoisotopic (exact) mass is 337 g/mol. The summed E-state index contributed by atoms with van der Waals surface area (Å²) in [6, 6.07) is 4.09. The van der Waals surface area contributed by atoms with E-state index in [0.717, 1.165) is 27.7 Å². The van der Waals surface area contributed by atoms with E-state index in [2.05, 4.69) is 45.2 Å². The van der Waals surface area contributed by atoms with E-state index in [9.17, 15) is 0 Å². The van der Waals surface area contributed by atoms with E-state index in [-0.39, 0.29) is 6.10 Å². The fraction of sp³-hybridized carbons (Fsp3) is 0.429. The number of morpholine rings is 1. The first-order chi connectivity index (χ1) is 9.65. The van der Waals surface area contributed by atoms with Gasteiger partial charge in [-0.25, -0.2) is 0 Å². The Kier molecular flexibility index (Phi) is 3.87. The van der Waals surface area contributed by atoms with Gasteiger partial charge in [0.2, 0.25) is 5.82 Å². The summed E-state index contributed by atoms with van der Waals surface area (Å²) in [6.45, 7) is 6.34. The fourth-order valence-corrected chi connectivity index (χ4v) is 2.51. The van der Waals surface area contributed by atoms with Crippen molar-refractivity contribution >= 4 is 15.9 Å². The number of aromatic nitrogens is 2. The van der Waals surface area contributed by atoms with Crippen LogP contribution >= 0.6 is 15.9 Å². The third kappa shape index (κ3) is 2.63. The first kappa shape index (κ1) is 13.7. The molecule has 0 saturated carbocycles. The molecule has 1 unspecified atom stereocenters. The van der Waals surface area contributed by atoms with Crippen LogP contribution < -0.4 is 5.32 Å². The van der Waals surface area contributed by atoms with Gasteiger partial charge in [0.1, 0.15) is 6.10 Å². The van der Waals surface area contributed by atoms with E-state index in [1.807, 2.05) is 12.1 Å². The maximum atomic E-state index is 5.61. The highest BCUT2D eigenvalue weighted by molar-refractivity contribution is 9.10. The first-order valence-corrected chi connectivity index (χ1v) is 7.37. The third-order valence-corrected chi connectivity index (χ3v) is 4.59. The second kappa shape index (κ2) is 5.63. The highest BCUT2D eigenvalue weighted by Crippen LogP contribution is 2.28. The molecule has 20 heavy (non-hydrogen) atoms. The minimum Gasteiger partial charge on any atom is -0.366 e. The summed E-state index contributed by atoms with van der Waals surface area (Å²) in [5, 5.41) is 7.31. The summed E-state index contributed by atoms with van der Waals surface area (Å²) < 4.78 is 12.1. The molecule has 1 N–H and O–H groups in total. The summed E-state index contributed by atoms with van der Waals surface area (Å²) in [7, 11) is 0. The lowest BCUT2D eigenvalue weighted by molar-refractivity contribution is 0.00755. The quantitative estimate of drug-likeness (QED) is 0.912. The Labute approximate surface area is 125 Å². The summed E-state index contributed by atoms with van der Waals surface area (Å²) >= 11 is 3.56. The van der Waals surface area contributed by atoms with Crippen LogP contribution in [0.25, 0.3) is 11.4 Å². The van der Waals surface area contributed by atoms with Crippen LogP contribution in [0.3, 0.4) is 0 Å². The molecule has 1 atom stereocenters. The maximum Gasteiger partial charge on any atom is 0.257 e. The Bertz CT molecular complexity index is 598. The lowest BCUT2D eigenvalue weighted by atomic mass is 10.1. The lowest BCUT2D eigenvalue weighted by Crippen LogP contribution is -2.33. The van der Waals surface area contributed by atoms with Gasteiger partial charge in [-0.3, -0.25) is 0 Å². The Morgan fingerprint density at radius 1 is 1.30 bits per heavy atom. The number of hydrogen-bond donors (Lipinski definition) is 1. The molecule has 2 heterocycles. The van der Waals surface area contributed by atoms with E-state index < -0.39 is 0 Å². The Balaban J connectivity index is 1.89. The van der Waals surface area contributed by atoms with Gasteiger partial charge in [-0.15, -0.1) is 0 Å². The van der Waals surface area contributed by atoms with Crippen LogP contribution in [0.2, 0.25) is 0 Å². The summed E-state index contributed by atoms with van der Waals surface area (Å²) in [5.74, 6) is 1.14. The van der Waals surface area contributed by atoms with Gasteiger partial charge < -0.3 is 14.6 Å². The van der Waals surface area contributed by atoms with Gasteiger partial charge >= 0.3 is 0 Å². The lowest BCUT2D eigenvalue weighted by Gasteiger charge is -2.19. The third-order valence-electron chi connectivity index (χ3n) is 3.34. The largest absolute Gasteiger partial charge is 0.366 e. The molecule has 1 aliphatic rings. The second-order valence-electron chi connectivity index (χ2n) is 4.94. The molecule has 106 valence electrons. The predicted octanol–water partition coefficient (Wildman–Crippen LogP) is 2.78. The van der Waals surface area contributed by atoms with E-state index >= 15 is 0 Å². The summed E-state index contributed by atoms with van der Waals surface area (Å²) in [4.78, 5) is 4.46. The fourth-order valence-electron chi connectivity index (χ4n) is 2.28. The average Bonchev–Trinajstić information content (AvgIpc) is 2.95. The predicted molar refractivity (Wildman–Crippen MR) is 78.5 cm³/mol. The van der Waals surface area contributed by atoms with Gasteiger partial charge in [-0.1, -0.05) is 21.1 Å². The minimum atomic E-state index is -0.150. The molecular formula is C14H16BrN3O2. The van der Waals surface area contributed by atoms with Gasteiger partial charge in [0, 0.05) is 23.1 Å². The van der Waals surface area contributed by atoms with Crippen molar-refractivity contribution in [3.8, 4) is 11.4 Å². The van der Waals surface area contributed by atoms with Gasteiger partial charge in [0.15, 0.2) is 0 Å². The zero-order chi connectivity index (χ0) is 14.1. The Morgan fingerprint density at radius 3 is 2.70 bits per heavy atom. The molecule has 0 radical (unpaired) electrons. The highest BCUT2D eigenvalue weighted by atomic mass is 79.9. The highest BCUT2D eigenvalue weighted by Gasteiger charge is 2.22. The number of aryl methyl sites for hydroxylation is 2. The first-order valence-electron chi connectivity index (χ1n) is 6.58. The number of hydrogen-bond acceptors (Lipinski definition) is 5. The molecule has 6 heteroatoms. The number of halogens is 1. The summed E-state index contributed by atoms with van der Waals surface area (Å²) in [5.41, 5.74) is 3.27. The SMILES string of the molecule is Cc1cc(-c2noc(C3CNCCO3)n2)cc(C)c1Br. The van der Waals surface area contributed by atoms with Crippen LogP contribution in [0.1, 0.15) is 23.1 Å².